The Kier molecular flexibility index (Phi) is 7.75. The Balaban J connectivity index is 1.77. The fourth-order valence-electron chi connectivity index (χ4n) is 3.41. The molecule has 166 valence electrons. The first-order valence-corrected chi connectivity index (χ1v) is 10.6. The molecule has 0 amide bonds. The number of Topliss-reactive ketones (excluding diaryl/α,β-unsaturated/α-hetero) is 1. The summed E-state index contributed by atoms with van der Waals surface area (Å²) >= 11 is 11.8. The molecule has 3 aromatic rings. The van der Waals surface area contributed by atoms with E-state index < -0.39 is 12.1 Å². The van der Waals surface area contributed by atoms with E-state index >= 15 is 0 Å². The molecule has 3 rings (SSSR count). The Morgan fingerprint density at radius 3 is 2.41 bits per heavy atom. The highest BCUT2D eigenvalue weighted by atomic mass is 35.5. The van der Waals surface area contributed by atoms with Crippen molar-refractivity contribution in [1.82, 2.24) is 4.98 Å². The quantitative estimate of drug-likeness (QED) is 0.324. The molecule has 1 heterocycles. The van der Waals surface area contributed by atoms with Crippen LogP contribution in [0.5, 0.6) is 0 Å². The molecule has 2 aromatic carbocycles. The van der Waals surface area contributed by atoms with Crippen LogP contribution in [0.3, 0.4) is 0 Å². The minimum atomic E-state index is -4.51. The normalized spacial score (nSPS) is 12.8. The molecule has 2 nitrogen and oxygen atoms in total. The number of carbonyl (C=O) groups is 1. The molecule has 7 heteroatoms. The van der Waals surface area contributed by atoms with Crippen molar-refractivity contribution in [3.8, 4) is 0 Å². The molecule has 0 aliphatic heterocycles. The van der Waals surface area contributed by atoms with Gasteiger partial charge in [0.05, 0.1) is 5.92 Å². The van der Waals surface area contributed by atoms with Gasteiger partial charge in [-0.15, -0.1) is 0 Å². The lowest BCUT2D eigenvalue weighted by Gasteiger charge is -2.18. The number of hydrogen-bond donors (Lipinski definition) is 0. The zero-order chi connectivity index (χ0) is 23.3. The SMILES string of the molecule is Cc1cc(/C=C/C(c2cc(Cl)cc(Cl)c2)C(F)(F)F)ccc1C(=O)CCc1cccnc1. The van der Waals surface area contributed by atoms with Crippen molar-refractivity contribution in [1.29, 1.82) is 0 Å². The third-order valence-corrected chi connectivity index (χ3v) is 5.43. The highest BCUT2D eigenvalue weighted by Crippen LogP contribution is 2.38. The van der Waals surface area contributed by atoms with Crippen LogP contribution in [0.25, 0.3) is 6.08 Å². The molecule has 0 fully saturated rings. The van der Waals surface area contributed by atoms with Gasteiger partial charge in [-0.25, -0.2) is 0 Å². The number of pyridine rings is 1. The van der Waals surface area contributed by atoms with Gasteiger partial charge in [-0.2, -0.15) is 13.2 Å². The van der Waals surface area contributed by atoms with Crippen LogP contribution in [0.2, 0.25) is 10.0 Å². The molecule has 1 unspecified atom stereocenters. The summed E-state index contributed by atoms with van der Waals surface area (Å²) in [6, 6.07) is 12.6. The van der Waals surface area contributed by atoms with Crippen LogP contribution in [-0.2, 0) is 6.42 Å². The van der Waals surface area contributed by atoms with Crippen LogP contribution < -0.4 is 0 Å². The minimum Gasteiger partial charge on any atom is -0.294 e. The van der Waals surface area contributed by atoms with Crippen molar-refractivity contribution in [2.75, 3.05) is 0 Å². The van der Waals surface area contributed by atoms with E-state index in [0.29, 0.717) is 29.5 Å². The number of hydrogen-bond acceptors (Lipinski definition) is 2. The summed E-state index contributed by atoms with van der Waals surface area (Å²) in [5, 5.41) is 0.278. The van der Waals surface area contributed by atoms with Crippen molar-refractivity contribution in [3.05, 3.63) is 105 Å². The third kappa shape index (κ3) is 6.44. The van der Waals surface area contributed by atoms with Crippen molar-refractivity contribution >= 4 is 35.1 Å². The third-order valence-electron chi connectivity index (χ3n) is 4.99. The zero-order valence-corrected chi connectivity index (χ0v) is 18.7. The fourth-order valence-corrected chi connectivity index (χ4v) is 3.96. The van der Waals surface area contributed by atoms with Crippen molar-refractivity contribution in [2.45, 2.75) is 31.9 Å². The standard InChI is InChI=1S/C25H20Cl2F3NO/c1-16-11-17(4-7-22(16)24(32)9-6-18-3-2-10-31-15-18)5-8-23(25(28,29)30)19-12-20(26)14-21(27)13-19/h2-5,7-8,10-15,23H,6,9H2,1H3/b8-5+. The molecular weight excluding hydrogens is 458 g/mol. The van der Waals surface area contributed by atoms with Gasteiger partial charge in [0.2, 0.25) is 0 Å². The van der Waals surface area contributed by atoms with Crippen LogP contribution in [-0.4, -0.2) is 16.9 Å². The molecule has 0 bridgehead atoms. The first kappa shape index (κ1) is 24.0. The van der Waals surface area contributed by atoms with E-state index in [-0.39, 0.29) is 21.4 Å². The van der Waals surface area contributed by atoms with Gasteiger partial charge in [0, 0.05) is 34.4 Å². The van der Waals surface area contributed by atoms with Crippen LogP contribution >= 0.6 is 23.2 Å². The largest absolute Gasteiger partial charge is 0.399 e. The van der Waals surface area contributed by atoms with E-state index in [1.807, 2.05) is 12.1 Å². The molecule has 0 radical (unpaired) electrons. The Morgan fingerprint density at radius 1 is 1.09 bits per heavy atom. The second-order valence-corrected chi connectivity index (χ2v) is 8.31. The van der Waals surface area contributed by atoms with Gasteiger partial charge >= 0.3 is 6.18 Å². The maximum atomic E-state index is 13.7. The number of rotatable bonds is 7. The van der Waals surface area contributed by atoms with Gasteiger partial charge in [0.25, 0.3) is 0 Å². The monoisotopic (exact) mass is 477 g/mol. The molecule has 0 N–H and O–H groups in total. The number of allylic oxidation sites excluding steroid dienone is 1. The molecule has 0 saturated heterocycles. The number of alkyl halides is 3. The Bertz CT molecular complexity index is 1110. The van der Waals surface area contributed by atoms with Gasteiger partial charge in [0.15, 0.2) is 5.78 Å². The van der Waals surface area contributed by atoms with Crippen LogP contribution in [0.1, 0.15) is 45.0 Å². The fraction of sp³-hybridized carbons (Fsp3) is 0.200. The summed E-state index contributed by atoms with van der Waals surface area (Å²) in [6.45, 7) is 1.77. The molecule has 0 saturated carbocycles. The lowest BCUT2D eigenvalue weighted by Crippen LogP contribution is -2.18. The van der Waals surface area contributed by atoms with Gasteiger partial charge in [-0.1, -0.05) is 59.6 Å². The van der Waals surface area contributed by atoms with Crippen LogP contribution in [0.4, 0.5) is 13.2 Å². The van der Waals surface area contributed by atoms with E-state index in [0.717, 1.165) is 11.6 Å². The van der Waals surface area contributed by atoms with E-state index in [1.165, 1.54) is 24.3 Å². The zero-order valence-electron chi connectivity index (χ0n) is 17.2. The molecule has 1 aromatic heterocycles. The summed E-state index contributed by atoms with van der Waals surface area (Å²) < 4.78 is 41.0. The number of ketones is 1. The second-order valence-electron chi connectivity index (χ2n) is 7.44. The Morgan fingerprint density at radius 2 is 1.81 bits per heavy atom. The number of halogens is 5. The predicted octanol–water partition coefficient (Wildman–Crippen LogP) is 7.87. The smallest absolute Gasteiger partial charge is 0.294 e. The average molecular weight is 478 g/mol. The van der Waals surface area contributed by atoms with E-state index in [2.05, 4.69) is 4.98 Å². The van der Waals surface area contributed by atoms with Gasteiger partial charge in [-0.05, 0) is 59.9 Å². The minimum absolute atomic E-state index is 0.0244. The van der Waals surface area contributed by atoms with Crippen molar-refractivity contribution < 1.29 is 18.0 Å². The van der Waals surface area contributed by atoms with E-state index in [9.17, 15) is 18.0 Å². The summed E-state index contributed by atoms with van der Waals surface area (Å²) in [5.41, 5.74) is 2.76. The highest BCUT2D eigenvalue weighted by Gasteiger charge is 2.39. The first-order valence-electron chi connectivity index (χ1n) is 9.87. The first-order chi connectivity index (χ1) is 15.1. The summed E-state index contributed by atoms with van der Waals surface area (Å²) in [7, 11) is 0. The average Bonchev–Trinajstić information content (AvgIpc) is 2.71. The summed E-state index contributed by atoms with van der Waals surface area (Å²) in [5.74, 6) is -1.89. The van der Waals surface area contributed by atoms with Crippen molar-refractivity contribution in [2.24, 2.45) is 0 Å². The number of aromatic nitrogens is 1. The Hall–Kier alpha value is -2.63. The molecule has 0 spiro atoms. The van der Waals surface area contributed by atoms with Gasteiger partial charge in [0.1, 0.15) is 0 Å². The van der Waals surface area contributed by atoms with Crippen LogP contribution in [0, 0.1) is 6.92 Å². The lowest BCUT2D eigenvalue weighted by atomic mass is 9.95. The number of benzene rings is 2. The molecule has 0 aliphatic carbocycles. The van der Waals surface area contributed by atoms with E-state index in [4.69, 9.17) is 23.2 Å². The Labute approximate surface area is 194 Å². The van der Waals surface area contributed by atoms with Crippen LogP contribution in [0.15, 0.2) is 67.0 Å². The second kappa shape index (κ2) is 10.3. The molecule has 1 atom stereocenters. The summed E-state index contributed by atoms with van der Waals surface area (Å²) in [4.78, 5) is 16.6. The number of nitrogens with zero attached hydrogens (tertiary/aromatic N) is 1. The maximum absolute atomic E-state index is 13.7. The summed E-state index contributed by atoms with van der Waals surface area (Å²) in [6.07, 6.45) is 2.24. The topological polar surface area (TPSA) is 30.0 Å². The van der Waals surface area contributed by atoms with Gasteiger partial charge in [-0.3, -0.25) is 9.78 Å². The number of aryl methyl sites for hydroxylation is 2. The maximum Gasteiger partial charge on any atom is 0.399 e. The molecule has 32 heavy (non-hydrogen) atoms. The van der Waals surface area contributed by atoms with E-state index in [1.54, 1.807) is 37.5 Å². The number of carbonyl (C=O) groups excluding carboxylic acids is 1. The predicted molar refractivity (Wildman–Crippen MR) is 122 cm³/mol. The molecular formula is C25H20Cl2F3NO. The lowest BCUT2D eigenvalue weighted by molar-refractivity contribution is -0.139. The highest BCUT2D eigenvalue weighted by molar-refractivity contribution is 6.34. The molecule has 0 aliphatic rings. The van der Waals surface area contributed by atoms with Crippen molar-refractivity contribution in [3.63, 3.8) is 0 Å². The van der Waals surface area contributed by atoms with Gasteiger partial charge < -0.3 is 0 Å².